The highest BCUT2D eigenvalue weighted by Gasteiger charge is 2.40. The molecule has 0 aliphatic carbocycles. The zero-order chi connectivity index (χ0) is 75.4. The molecule has 0 saturated carbocycles. The van der Waals surface area contributed by atoms with Crippen LogP contribution in [0.2, 0.25) is 12.1 Å². The van der Waals surface area contributed by atoms with Gasteiger partial charge in [0.2, 0.25) is 0 Å². The SMILES string of the molecule is CCO[Si](CCCOCC(O)CN(CCOCCOCCOCCOCCOCCOCCOCCOCCOCCOCCOCCOCCOCCOCCOCCOCCOCCOCCOCCOCCOCCOC)CC(O)COCCC[Si](OCC)(OCC)OCC)(OCC)OCC. The molecule has 0 heterocycles. The van der Waals surface area contributed by atoms with E-state index >= 15 is 0 Å². The number of hydrogen-bond donors (Lipinski definition) is 2. The summed E-state index contributed by atoms with van der Waals surface area (Å²) in [7, 11) is -3.91. The molecular weight excluding hydrogens is 1410 g/mol. The summed E-state index contributed by atoms with van der Waals surface area (Å²) in [5.41, 5.74) is 0. The van der Waals surface area contributed by atoms with Gasteiger partial charge < -0.3 is 150 Å². The molecule has 0 fully saturated rings. The van der Waals surface area contributed by atoms with Crippen molar-refractivity contribution in [3.8, 4) is 0 Å². The third kappa shape index (κ3) is 75.2. The summed E-state index contributed by atoms with van der Waals surface area (Å²) < 4.78 is 169. The predicted molar refractivity (Wildman–Crippen MR) is 389 cm³/mol. The maximum absolute atomic E-state index is 11.0. The Morgan fingerprint density at radius 2 is 0.385 bits per heavy atom. The first kappa shape index (κ1) is 103. The molecule has 104 heavy (non-hydrogen) atoms. The highest BCUT2D eigenvalue weighted by molar-refractivity contribution is 6.61. The maximum atomic E-state index is 11.0. The van der Waals surface area contributed by atoms with Crippen molar-refractivity contribution in [2.45, 2.75) is 78.7 Å². The standard InChI is InChI=1S/C69H145NO32Si2/c1-8-97-103(98-9-2,99-10-3)62-14-17-95-66-68(71)64-70(65-69(72)67-96-18-15-63-104(100-11-4,101-12-5)102-13-6)16-19-74-22-23-76-26-27-78-30-31-80-34-35-82-38-39-84-42-43-86-46-47-88-50-51-90-54-55-92-58-59-94-61-60-93-57-56-91-53-52-89-49-48-87-45-44-85-41-40-83-37-36-81-33-32-79-29-28-77-25-24-75-21-20-73-7/h68-69,71-72H,8-67H2,1-7H3. The Morgan fingerprint density at radius 3 is 0.548 bits per heavy atom. The molecule has 0 bridgehead atoms. The summed E-state index contributed by atoms with van der Waals surface area (Å²) >= 11 is 0. The van der Waals surface area contributed by atoms with Crippen LogP contribution >= 0.6 is 0 Å². The lowest BCUT2D eigenvalue weighted by atomic mass is 10.3. The van der Waals surface area contributed by atoms with Crippen molar-refractivity contribution in [3.05, 3.63) is 0 Å². The Hall–Kier alpha value is -0.886. The van der Waals surface area contributed by atoms with Crippen LogP contribution < -0.4 is 0 Å². The van der Waals surface area contributed by atoms with Gasteiger partial charge in [0.15, 0.2) is 0 Å². The second-order valence-corrected chi connectivity index (χ2v) is 27.7. The van der Waals surface area contributed by atoms with E-state index in [0.717, 1.165) is 0 Å². The first-order chi connectivity index (χ1) is 51.3. The van der Waals surface area contributed by atoms with E-state index in [0.29, 0.717) is 368 Å². The fraction of sp³-hybridized carbons (Fsp3) is 1.00. The van der Waals surface area contributed by atoms with Crippen molar-refractivity contribution in [1.82, 2.24) is 4.90 Å². The third-order valence-corrected chi connectivity index (χ3v) is 20.0. The summed E-state index contributed by atoms with van der Waals surface area (Å²) in [6, 6.07) is 1.25. The molecule has 0 aliphatic rings. The number of hydrogen-bond acceptors (Lipinski definition) is 33. The van der Waals surface area contributed by atoms with E-state index < -0.39 is 29.8 Å². The quantitative estimate of drug-likeness (QED) is 0.0653. The maximum Gasteiger partial charge on any atom is 0.501 e. The van der Waals surface area contributed by atoms with Crippen molar-refractivity contribution in [3.63, 3.8) is 0 Å². The smallest absolute Gasteiger partial charge is 0.389 e. The Bertz CT molecular complexity index is 1540. The van der Waals surface area contributed by atoms with Crippen LogP contribution in [0.15, 0.2) is 0 Å². The molecule has 0 saturated heterocycles. The van der Waals surface area contributed by atoms with Gasteiger partial charge in [0, 0.05) is 91.7 Å². The number of rotatable bonds is 94. The zero-order valence-electron chi connectivity index (χ0n) is 65.2. The first-order valence-corrected chi connectivity index (χ1v) is 41.8. The van der Waals surface area contributed by atoms with Gasteiger partial charge in [-0.25, -0.2) is 0 Å². The molecule has 0 rings (SSSR count). The van der Waals surface area contributed by atoms with E-state index in [2.05, 4.69) is 0 Å². The summed E-state index contributed by atoms with van der Waals surface area (Å²) in [5.74, 6) is 0. The Labute approximate surface area is 626 Å². The molecule has 0 aromatic carbocycles. The highest BCUT2D eigenvalue weighted by Crippen LogP contribution is 2.20. The Kier molecular flexibility index (Phi) is 85.4. The van der Waals surface area contributed by atoms with Crippen LogP contribution in [0.3, 0.4) is 0 Å². The summed E-state index contributed by atoms with van der Waals surface area (Å²) in [5, 5.41) is 22.0. The molecule has 2 N–H and O–H groups in total. The molecule has 35 heteroatoms. The number of methoxy groups -OCH3 is 1. The lowest BCUT2D eigenvalue weighted by Gasteiger charge is -2.29. The van der Waals surface area contributed by atoms with Gasteiger partial charge in [-0.15, -0.1) is 0 Å². The number of aliphatic hydroxyl groups excluding tert-OH is 2. The van der Waals surface area contributed by atoms with E-state index in [-0.39, 0.29) is 26.3 Å². The van der Waals surface area contributed by atoms with Gasteiger partial charge in [0.05, 0.1) is 310 Å². The second-order valence-electron chi connectivity index (χ2n) is 22.2. The van der Waals surface area contributed by atoms with Gasteiger partial charge in [0.1, 0.15) is 0 Å². The van der Waals surface area contributed by atoms with Crippen molar-refractivity contribution < 1.29 is 150 Å². The summed E-state index contributed by atoms with van der Waals surface area (Å²) in [6.45, 7) is 37.2. The van der Waals surface area contributed by atoms with E-state index in [1.807, 2.05) is 46.4 Å². The topological polar surface area (TPSA) is 321 Å². The van der Waals surface area contributed by atoms with Crippen LogP contribution in [0.1, 0.15) is 54.4 Å². The van der Waals surface area contributed by atoms with Gasteiger partial charge in [-0.1, -0.05) is 0 Å². The van der Waals surface area contributed by atoms with Gasteiger partial charge in [-0.05, 0) is 54.4 Å². The molecule has 0 aliphatic heterocycles. The fourth-order valence-corrected chi connectivity index (χ4v) is 14.2. The second kappa shape index (κ2) is 86.1. The fourth-order valence-electron chi connectivity index (χ4n) is 9.02. The molecule has 0 amide bonds. The summed E-state index contributed by atoms with van der Waals surface area (Å²) in [6.07, 6.45) is -0.251. The average Bonchev–Trinajstić information content (AvgIpc) is 0.944. The van der Waals surface area contributed by atoms with Gasteiger partial charge in [0.25, 0.3) is 0 Å². The molecule has 0 aromatic heterocycles. The van der Waals surface area contributed by atoms with E-state index in [1.165, 1.54) is 0 Å². The van der Waals surface area contributed by atoms with Crippen molar-refractivity contribution in [2.75, 3.05) is 377 Å². The Morgan fingerprint density at radius 1 is 0.221 bits per heavy atom. The number of aliphatic hydroxyl groups is 2. The van der Waals surface area contributed by atoms with Crippen LogP contribution in [0.25, 0.3) is 0 Å². The molecular formula is C69H145NO32Si2. The molecule has 626 valence electrons. The van der Waals surface area contributed by atoms with E-state index in [4.69, 9.17) is 140 Å². The van der Waals surface area contributed by atoms with E-state index in [1.54, 1.807) is 7.11 Å². The van der Waals surface area contributed by atoms with Crippen LogP contribution in [-0.4, -0.2) is 422 Å². The minimum absolute atomic E-state index is 0.128. The average molecular weight is 1560 g/mol. The van der Waals surface area contributed by atoms with Gasteiger partial charge >= 0.3 is 17.6 Å². The lowest BCUT2D eigenvalue weighted by Crippen LogP contribution is -2.46. The molecule has 0 radical (unpaired) electrons. The van der Waals surface area contributed by atoms with Crippen LogP contribution in [0.4, 0.5) is 0 Å². The highest BCUT2D eigenvalue weighted by atomic mass is 28.4. The zero-order valence-corrected chi connectivity index (χ0v) is 67.2. The van der Waals surface area contributed by atoms with E-state index in [9.17, 15) is 10.2 Å². The Balaban J connectivity index is 3.66. The van der Waals surface area contributed by atoms with Crippen molar-refractivity contribution in [2.24, 2.45) is 0 Å². The monoisotopic (exact) mass is 1560 g/mol. The lowest BCUT2D eigenvalue weighted by molar-refractivity contribution is -0.0319. The van der Waals surface area contributed by atoms with Crippen LogP contribution in [0, 0.1) is 0 Å². The minimum Gasteiger partial charge on any atom is -0.389 e. The number of nitrogens with zero attached hydrogens (tertiary/aromatic N) is 1. The molecule has 0 spiro atoms. The van der Waals surface area contributed by atoms with Gasteiger partial charge in [-0.3, -0.25) is 4.90 Å². The summed E-state index contributed by atoms with van der Waals surface area (Å²) in [4.78, 5) is 1.95. The normalized spacial score (nSPS) is 12.9. The molecule has 2 atom stereocenters. The molecule has 33 nitrogen and oxygen atoms in total. The minimum atomic E-state index is -2.78. The van der Waals surface area contributed by atoms with Crippen molar-refractivity contribution >= 4 is 17.6 Å². The molecule has 0 aromatic rings. The largest absolute Gasteiger partial charge is 0.501 e. The first-order valence-electron chi connectivity index (χ1n) is 38.0. The van der Waals surface area contributed by atoms with Crippen molar-refractivity contribution in [1.29, 1.82) is 0 Å². The number of ether oxygens (including phenoxy) is 24. The van der Waals surface area contributed by atoms with Crippen LogP contribution in [0.5, 0.6) is 0 Å². The predicted octanol–water partition coefficient (Wildman–Crippen LogP) is 2.92. The van der Waals surface area contributed by atoms with Crippen LogP contribution in [-0.2, 0) is 140 Å². The van der Waals surface area contributed by atoms with Gasteiger partial charge in [-0.2, -0.15) is 0 Å². The molecule has 2 unspecified atom stereocenters. The third-order valence-electron chi connectivity index (χ3n) is 13.7.